The van der Waals surface area contributed by atoms with E-state index in [4.69, 9.17) is 4.42 Å². The molecule has 7 heteroatoms. The van der Waals surface area contributed by atoms with E-state index in [-0.39, 0.29) is 23.3 Å². The quantitative estimate of drug-likeness (QED) is 0.918. The number of hydrogen-bond acceptors (Lipinski definition) is 3. The first kappa shape index (κ1) is 15.9. The van der Waals surface area contributed by atoms with Crippen molar-refractivity contribution in [2.24, 2.45) is 0 Å². The molecule has 1 atom stereocenters. The molecular formula is C15H14F3NO3. The van der Waals surface area contributed by atoms with Crippen molar-refractivity contribution in [3.63, 3.8) is 0 Å². The van der Waals surface area contributed by atoms with Crippen LogP contribution in [-0.2, 0) is 6.42 Å². The summed E-state index contributed by atoms with van der Waals surface area (Å²) in [5, 5.41) is 2.74. The largest absolute Gasteiger partial charge is 0.573 e. The third-order valence-corrected chi connectivity index (χ3v) is 2.82. The molecule has 1 N–H and O–H groups in total. The van der Waals surface area contributed by atoms with E-state index < -0.39 is 6.36 Å². The van der Waals surface area contributed by atoms with Crippen molar-refractivity contribution in [3.05, 3.63) is 54.0 Å². The fraction of sp³-hybridized carbons (Fsp3) is 0.267. The van der Waals surface area contributed by atoms with Gasteiger partial charge in [0.25, 0.3) is 5.91 Å². The van der Waals surface area contributed by atoms with Crippen LogP contribution in [-0.4, -0.2) is 18.3 Å². The number of benzene rings is 1. The van der Waals surface area contributed by atoms with Gasteiger partial charge < -0.3 is 14.5 Å². The lowest BCUT2D eigenvalue weighted by molar-refractivity contribution is -0.274. The molecule has 1 amide bonds. The first-order valence-electron chi connectivity index (χ1n) is 6.52. The first-order chi connectivity index (χ1) is 10.3. The van der Waals surface area contributed by atoms with Gasteiger partial charge in [-0.15, -0.1) is 13.2 Å². The Hall–Kier alpha value is -2.44. The first-order valence-corrected chi connectivity index (χ1v) is 6.52. The van der Waals surface area contributed by atoms with Crippen LogP contribution in [0.3, 0.4) is 0 Å². The number of alkyl halides is 3. The molecule has 0 aliphatic carbocycles. The van der Waals surface area contributed by atoms with Gasteiger partial charge in [0, 0.05) is 18.0 Å². The van der Waals surface area contributed by atoms with Crippen molar-refractivity contribution in [1.82, 2.24) is 5.32 Å². The van der Waals surface area contributed by atoms with Crippen LogP contribution < -0.4 is 10.1 Å². The Labute approximate surface area is 124 Å². The van der Waals surface area contributed by atoms with Crippen LogP contribution in [0.15, 0.2) is 47.1 Å². The van der Waals surface area contributed by atoms with Crippen LogP contribution in [0.2, 0.25) is 0 Å². The number of ether oxygens (including phenoxy) is 1. The monoisotopic (exact) mass is 313 g/mol. The molecule has 0 radical (unpaired) electrons. The van der Waals surface area contributed by atoms with Crippen LogP contribution in [0.25, 0.3) is 0 Å². The fourth-order valence-electron chi connectivity index (χ4n) is 1.90. The predicted octanol–water partition coefficient (Wildman–Crippen LogP) is 3.54. The summed E-state index contributed by atoms with van der Waals surface area (Å²) in [6.07, 6.45) is -2.68. The molecule has 0 saturated carbocycles. The van der Waals surface area contributed by atoms with Crippen molar-refractivity contribution < 1.29 is 27.1 Å². The van der Waals surface area contributed by atoms with Crippen molar-refractivity contribution in [3.8, 4) is 5.75 Å². The zero-order chi connectivity index (χ0) is 16.2. The summed E-state index contributed by atoms with van der Waals surface area (Å²) in [5.41, 5.74) is 0.251. The molecule has 0 saturated heterocycles. The van der Waals surface area contributed by atoms with E-state index >= 15 is 0 Å². The Bertz CT molecular complexity index is 606. The maximum absolute atomic E-state index is 12.0. The summed E-state index contributed by atoms with van der Waals surface area (Å²) < 4.78 is 45.1. The molecule has 0 aliphatic heterocycles. The summed E-state index contributed by atoms with van der Waals surface area (Å²) in [6, 6.07) is 8.12. The van der Waals surface area contributed by atoms with Crippen molar-refractivity contribution in [1.29, 1.82) is 0 Å². The highest BCUT2D eigenvalue weighted by atomic mass is 19.4. The summed E-state index contributed by atoms with van der Waals surface area (Å²) >= 11 is 0. The summed E-state index contributed by atoms with van der Waals surface area (Å²) in [6.45, 7) is 1.81. The molecule has 22 heavy (non-hydrogen) atoms. The predicted molar refractivity (Wildman–Crippen MR) is 72.5 cm³/mol. The minimum Gasteiger partial charge on any atom is -0.469 e. The van der Waals surface area contributed by atoms with E-state index in [1.807, 2.05) is 6.92 Å². The van der Waals surface area contributed by atoms with Crippen LogP contribution in [0.5, 0.6) is 5.75 Å². The van der Waals surface area contributed by atoms with Crippen molar-refractivity contribution in [2.45, 2.75) is 25.7 Å². The molecule has 4 nitrogen and oxygen atoms in total. The summed E-state index contributed by atoms with van der Waals surface area (Å²) in [7, 11) is 0. The van der Waals surface area contributed by atoms with Gasteiger partial charge in [-0.1, -0.05) is 0 Å². The second kappa shape index (κ2) is 6.55. The lowest BCUT2D eigenvalue weighted by Gasteiger charge is -2.13. The number of carbonyl (C=O) groups is 1. The lowest BCUT2D eigenvalue weighted by atomic mass is 10.1. The highest BCUT2D eigenvalue weighted by Crippen LogP contribution is 2.22. The highest BCUT2D eigenvalue weighted by molar-refractivity contribution is 5.94. The minimum atomic E-state index is -4.75. The summed E-state index contributed by atoms with van der Waals surface area (Å²) in [4.78, 5) is 12.0. The number of halogens is 3. The van der Waals surface area contributed by atoms with Crippen LogP contribution in [0, 0.1) is 0 Å². The summed E-state index contributed by atoms with van der Waals surface area (Å²) in [5.74, 6) is -0.00739. The molecule has 0 bridgehead atoms. The second-order valence-corrected chi connectivity index (χ2v) is 4.73. The Morgan fingerprint density at radius 1 is 1.27 bits per heavy atom. The average molecular weight is 313 g/mol. The Morgan fingerprint density at radius 2 is 1.95 bits per heavy atom. The smallest absolute Gasteiger partial charge is 0.469 e. The average Bonchev–Trinajstić information content (AvgIpc) is 2.90. The zero-order valence-electron chi connectivity index (χ0n) is 11.7. The number of furan rings is 1. The molecule has 2 aromatic rings. The zero-order valence-corrected chi connectivity index (χ0v) is 11.7. The minimum absolute atomic E-state index is 0.176. The topological polar surface area (TPSA) is 51.5 Å². The van der Waals surface area contributed by atoms with Crippen LogP contribution >= 0.6 is 0 Å². The number of amides is 1. The normalized spacial score (nSPS) is 12.7. The van der Waals surface area contributed by atoms with E-state index in [0.29, 0.717) is 6.42 Å². The molecule has 0 unspecified atom stereocenters. The second-order valence-electron chi connectivity index (χ2n) is 4.73. The number of rotatable bonds is 5. The van der Waals surface area contributed by atoms with Gasteiger partial charge in [-0.2, -0.15) is 0 Å². The SMILES string of the molecule is C[C@H](Cc1ccco1)NC(=O)c1ccc(OC(F)(F)F)cc1. The molecule has 0 fully saturated rings. The lowest BCUT2D eigenvalue weighted by Crippen LogP contribution is -2.33. The van der Waals surface area contributed by atoms with Gasteiger partial charge in [0.1, 0.15) is 11.5 Å². The number of hydrogen-bond donors (Lipinski definition) is 1. The van der Waals surface area contributed by atoms with Gasteiger partial charge in [0.05, 0.1) is 6.26 Å². The maximum atomic E-state index is 12.0. The van der Waals surface area contributed by atoms with E-state index in [2.05, 4.69) is 10.1 Å². The van der Waals surface area contributed by atoms with E-state index in [1.165, 1.54) is 12.1 Å². The van der Waals surface area contributed by atoms with Gasteiger partial charge in [-0.05, 0) is 43.3 Å². The molecule has 2 rings (SSSR count). The molecule has 1 aromatic carbocycles. The Balaban J connectivity index is 1.92. The highest BCUT2D eigenvalue weighted by Gasteiger charge is 2.31. The van der Waals surface area contributed by atoms with Crippen molar-refractivity contribution in [2.75, 3.05) is 0 Å². The Kier molecular flexibility index (Phi) is 4.75. The number of nitrogens with one attached hydrogen (secondary N) is 1. The molecular weight excluding hydrogens is 299 g/mol. The standard InChI is InChI=1S/C15H14F3NO3/c1-10(9-13-3-2-8-21-13)19-14(20)11-4-6-12(7-5-11)22-15(16,17)18/h2-8,10H,9H2,1H3,(H,19,20)/t10-/m1/s1. The molecule has 118 valence electrons. The number of carbonyl (C=O) groups excluding carboxylic acids is 1. The van der Waals surface area contributed by atoms with Crippen molar-refractivity contribution >= 4 is 5.91 Å². The van der Waals surface area contributed by atoms with Gasteiger partial charge in [-0.3, -0.25) is 4.79 Å². The van der Waals surface area contributed by atoms with E-state index in [9.17, 15) is 18.0 Å². The van der Waals surface area contributed by atoms with Gasteiger partial charge in [0.2, 0.25) is 0 Å². The molecule has 1 heterocycles. The third kappa shape index (κ3) is 4.83. The van der Waals surface area contributed by atoms with Gasteiger partial charge in [-0.25, -0.2) is 0 Å². The van der Waals surface area contributed by atoms with Crippen LogP contribution in [0.1, 0.15) is 23.0 Å². The van der Waals surface area contributed by atoms with Gasteiger partial charge >= 0.3 is 6.36 Å². The Morgan fingerprint density at radius 3 is 2.50 bits per heavy atom. The van der Waals surface area contributed by atoms with Gasteiger partial charge in [0.15, 0.2) is 0 Å². The third-order valence-electron chi connectivity index (χ3n) is 2.82. The van der Waals surface area contributed by atoms with E-state index in [0.717, 1.165) is 17.9 Å². The van der Waals surface area contributed by atoms with Crippen LogP contribution in [0.4, 0.5) is 13.2 Å². The maximum Gasteiger partial charge on any atom is 0.573 e. The molecule has 0 aliphatic rings. The van der Waals surface area contributed by atoms with E-state index in [1.54, 1.807) is 18.4 Å². The molecule has 1 aromatic heterocycles. The fourth-order valence-corrected chi connectivity index (χ4v) is 1.90. The molecule has 0 spiro atoms.